The maximum Gasteiger partial charge on any atom is 0.407 e. The van der Waals surface area contributed by atoms with Crippen molar-refractivity contribution in [3.63, 3.8) is 0 Å². The molecule has 0 unspecified atom stereocenters. The first kappa shape index (κ1) is 11.0. The number of carbonyl (C=O) groups excluding carboxylic acids is 1. The van der Waals surface area contributed by atoms with Gasteiger partial charge in [0, 0.05) is 11.4 Å². The van der Waals surface area contributed by atoms with Crippen LogP contribution in [0.25, 0.3) is 0 Å². The highest BCUT2D eigenvalue weighted by Gasteiger charge is 2.03. The van der Waals surface area contributed by atoms with Crippen molar-refractivity contribution in [2.24, 2.45) is 0 Å². The molecule has 78 valence electrons. The molecule has 0 radical (unpaired) electrons. The molecule has 1 N–H and O–H groups in total. The number of ether oxygens (including phenoxy) is 1. The lowest BCUT2D eigenvalue weighted by molar-refractivity contribution is 0.116. The molecule has 1 rings (SSSR count). The van der Waals surface area contributed by atoms with Crippen molar-refractivity contribution in [3.8, 4) is 0 Å². The van der Waals surface area contributed by atoms with Crippen LogP contribution in [0.5, 0.6) is 0 Å². The van der Waals surface area contributed by atoms with E-state index in [1.165, 1.54) is 4.88 Å². The zero-order valence-electron chi connectivity index (χ0n) is 8.45. The summed E-state index contributed by atoms with van der Waals surface area (Å²) in [5, 5.41) is 4.73. The molecule has 0 aromatic carbocycles. The summed E-state index contributed by atoms with van der Waals surface area (Å²) in [5.41, 5.74) is 0. The molecule has 0 saturated carbocycles. The van der Waals surface area contributed by atoms with Crippen LogP contribution in [0.4, 0.5) is 4.79 Å². The summed E-state index contributed by atoms with van der Waals surface area (Å²) in [6.45, 7) is 4.30. The molecule has 14 heavy (non-hydrogen) atoms. The first-order valence-corrected chi connectivity index (χ1v) is 5.53. The average molecular weight is 213 g/mol. The predicted octanol–water partition coefficient (Wildman–Crippen LogP) is 2.43. The van der Waals surface area contributed by atoms with Gasteiger partial charge in [-0.1, -0.05) is 6.07 Å². The van der Waals surface area contributed by atoms with Crippen LogP contribution < -0.4 is 5.32 Å². The van der Waals surface area contributed by atoms with Gasteiger partial charge in [0.05, 0.1) is 6.10 Å². The molecule has 0 bridgehead atoms. The quantitative estimate of drug-likeness (QED) is 0.834. The van der Waals surface area contributed by atoms with Crippen LogP contribution in [-0.4, -0.2) is 18.7 Å². The molecule has 0 aliphatic heterocycles. The summed E-state index contributed by atoms with van der Waals surface area (Å²) in [7, 11) is 0. The highest BCUT2D eigenvalue weighted by atomic mass is 32.1. The van der Waals surface area contributed by atoms with E-state index in [1.54, 1.807) is 11.3 Å². The topological polar surface area (TPSA) is 38.3 Å². The van der Waals surface area contributed by atoms with Gasteiger partial charge in [-0.05, 0) is 31.7 Å². The predicted molar refractivity (Wildman–Crippen MR) is 57.6 cm³/mol. The molecule has 0 fully saturated rings. The summed E-state index contributed by atoms with van der Waals surface area (Å²) in [4.78, 5) is 12.3. The number of rotatable bonds is 4. The standard InChI is InChI=1S/C10H15NO2S/c1-8(2)13-10(12)11-6-5-9-4-3-7-14-9/h3-4,7-8H,5-6H2,1-2H3,(H,11,12). The molecule has 0 atom stereocenters. The minimum atomic E-state index is -0.337. The second-order valence-electron chi connectivity index (χ2n) is 3.21. The van der Waals surface area contributed by atoms with Crippen molar-refractivity contribution < 1.29 is 9.53 Å². The summed E-state index contributed by atoms with van der Waals surface area (Å²) < 4.78 is 4.92. The fourth-order valence-electron chi connectivity index (χ4n) is 0.998. The Morgan fingerprint density at radius 3 is 3.00 bits per heavy atom. The molecule has 1 heterocycles. The molecule has 3 nitrogen and oxygen atoms in total. The van der Waals surface area contributed by atoms with Crippen molar-refractivity contribution in [1.29, 1.82) is 0 Å². The van der Waals surface area contributed by atoms with Gasteiger partial charge in [0.15, 0.2) is 0 Å². The number of hydrogen-bond acceptors (Lipinski definition) is 3. The van der Waals surface area contributed by atoms with Crippen LogP contribution in [0.15, 0.2) is 17.5 Å². The van der Waals surface area contributed by atoms with Crippen LogP contribution >= 0.6 is 11.3 Å². The molecule has 1 amide bonds. The van der Waals surface area contributed by atoms with Gasteiger partial charge < -0.3 is 10.1 Å². The zero-order valence-corrected chi connectivity index (χ0v) is 9.26. The third-order valence-electron chi connectivity index (χ3n) is 1.56. The number of carbonyl (C=O) groups is 1. The van der Waals surface area contributed by atoms with Crippen molar-refractivity contribution in [3.05, 3.63) is 22.4 Å². The van der Waals surface area contributed by atoms with Crippen LogP contribution in [0, 0.1) is 0 Å². The molecule has 0 spiro atoms. The molecule has 0 aliphatic rings. The SMILES string of the molecule is CC(C)OC(=O)NCCc1cccs1. The van der Waals surface area contributed by atoms with E-state index >= 15 is 0 Å². The highest BCUT2D eigenvalue weighted by molar-refractivity contribution is 7.09. The Labute approximate surface area is 88.1 Å². The summed E-state index contributed by atoms with van der Waals surface area (Å²) in [6.07, 6.45) is 0.471. The molecule has 0 aliphatic carbocycles. The Morgan fingerprint density at radius 2 is 2.43 bits per heavy atom. The Bertz CT molecular complexity index is 270. The summed E-state index contributed by atoms with van der Waals surface area (Å²) in [6, 6.07) is 4.06. The lowest BCUT2D eigenvalue weighted by Gasteiger charge is -2.08. The van der Waals surface area contributed by atoms with Crippen LogP contribution in [0.2, 0.25) is 0 Å². The Balaban J connectivity index is 2.12. The van der Waals surface area contributed by atoms with Crippen LogP contribution in [0.3, 0.4) is 0 Å². The Hall–Kier alpha value is -1.03. The monoisotopic (exact) mass is 213 g/mol. The first-order valence-electron chi connectivity index (χ1n) is 4.65. The van der Waals surface area contributed by atoms with Gasteiger partial charge in [0.1, 0.15) is 0 Å². The van der Waals surface area contributed by atoms with Crippen molar-refractivity contribution in [1.82, 2.24) is 5.32 Å². The second-order valence-corrected chi connectivity index (χ2v) is 4.24. The smallest absolute Gasteiger partial charge is 0.407 e. The fourth-order valence-corrected chi connectivity index (χ4v) is 1.71. The number of amides is 1. The lowest BCUT2D eigenvalue weighted by atomic mass is 10.3. The van der Waals surface area contributed by atoms with E-state index in [2.05, 4.69) is 11.4 Å². The Morgan fingerprint density at radius 1 is 1.64 bits per heavy atom. The van der Waals surface area contributed by atoms with E-state index in [4.69, 9.17) is 4.74 Å². The average Bonchev–Trinajstić information content (AvgIpc) is 2.55. The zero-order chi connectivity index (χ0) is 10.4. The minimum absolute atomic E-state index is 0.0586. The third kappa shape index (κ3) is 4.28. The molecular weight excluding hydrogens is 198 g/mol. The molecule has 1 aromatic heterocycles. The molecule has 1 aromatic rings. The van der Waals surface area contributed by atoms with E-state index in [0.29, 0.717) is 6.54 Å². The number of thiophene rings is 1. The van der Waals surface area contributed by atoms with Gasteiger partial charge in [-0.15, -0.1) is 11.3 Å². The minimum Gasteiger partial charge on any atom is -0.447 e. The third-order valence-corrected chi connectivity index (χ3v) is 2.50. The number of alkyl carbamates (subject to hydrolysis) is 1. The van der Waals surface area contributed by atoms with Gasteiger partial charge in [-0.2, -0.15) is 0 Å². The maximum absolute atomic E-state index is 11.1. The molecule has 4 heteroatoms. The summed E-state index contributed by atoms with van der Waals surface area (Å²) >= 11 is 1.70. The first-order chi connectivity index (χ1) is 6.68. The van der Waals surface area contributed by atoms with Crippen molar-refractivity contribution >= 4 is 17.4 Å². The van der Waals surface area contributed by atoms with E-state index in [9.17, 15) is 4.79 Å². The van der Waals surface area contributed by atoms with Gasteiger partial charge in [0.25, 0.3) is 0 Å². The van der Waals surface area contributed by atoms with Crippen LogP contribution in [-0.2, 0) is 11.2 Å². The van der Waals surface area contributed by atoms with Gasteiger partial charge in [0.2, 0.25) is 0 Å². The van der Waals surface area contributed by atoms with E-state index in [0.717, 1.165) is 6.42 Å². The van der Waals surface area contributed by atoms with E-state index in [1.807, 2.05) is 25.3 Å². The second kappa shape index (κ2) is 5.65. The highest BCUT2D eigenvalue weighted by Crippen LogP contribution is 2.07. The summed E-state index contributed by atoms with van der Waals surface area (Å²) in [5.74, 6) is 0. The van der Waals surface area contributed by atoms with Crippen molar-refractivity contribution in [2.45, 2.75) is 26.4 Å². The lowest BCUT2D eigenvalue weighted by Crippen LogP contribution is -2.28. The van der Waals surface area contributed by atoms with E-state index < -0.39 is 0 Å². The van der Waals surface area contributed by atoms with E-state index in [-0.39, 0.29) is 12.2 Å². The van der Waals surface area contributed by atoms with Crippen molar-refractivity contribution in [2.75, 3.05) is 6.54 Å². The maximum atomic E-state index is 11.1. The number of nitrogens with one attached hydrogen (secondary N) is 1. The van der Waals surface area contributed by atoms with Crippen LogP contribution in [0.1, 0.15) is 18.7 Å². The fraction of sp³-hybridized carbons (Fsp3) is 0.500. The number of hydrogen-bond donors (Lipinski definition) is 1. The van der Waals surface area contributed by atoms with Gasteiger partial charge >= 0.3 is 6.09 Å². The normalized spacial score (nSPS) is 10.2. The van der Waals surface area contributed by atoms with Gasteiger partial charge in [-0.3, -0.25) is 0 Å². The Kier molecular flexibility index (Phi) is 4.46. The molecule has 0 saturated heterocycles. The van der Waals surface area contributed by atoms with Gasteiger partial charge in [-0.25, -0.2) is 4.79 Å². The largest absolute Gasteiger partial charge is 0.447 e. The molecular formula is C10H15NO2S.